The highest BCUT2D eigenvalue weighted by atomic mass is 32.2. The number of amides is 3. The fourth-order valence-electron chi connectivity index (χ4n) is 3.86. The molecule has 1 saturated heterocycles. The Labute approximate surface area is 212 Å². The molecule has 0 radical (unpaired) electrons. The number of benzene rings is 2. The molecule has 1 aliphatic heterocycles. The van der Waals surface area contributed by atoms with E-state index in [0.717, 1.165) is 12.8 Å². The molecule has 3 rings (SSSR count). The van der Waals surface area contributed by atoms with Gasteiger partial charge in [0.2, 0.25) is 0 Å². The molecule has 3 N–H and O–H groups in total. The lowest BCUT2D eigenvalue weighted by atomic mass is 10.0. The molecule has 10 nitrogen and oxygen atoms in total. The van der Waals surface area contributed by atoms with Gasteiger partial charge in [0, 0.05) is 26.7 Å². The highest BCUT2D eigenvalue weighted by molar-refractivity contribution is 7.90. The Kier molecular flexibility index (Phi) is 10.1. The minimum Gasteiger partial charge on any atom is -0.490 e. The van der Waals surface area contributed by atoms with Crippen molar-refractivity contribution in [3.63, 3.8) is 0 Å². The molecule has 0 atom stereocenters. The number of rotatable bonds is 11. The van der Waals surface area contributed by atoms with E-state index in [1.807, 2.05) is 0 Å². The van der Waals surface area contributed by atoms with Gasteiger partial charge >= 0.3 is 6.03 Å². The van der Waals surface area contributed by atoms with Crippen LogP contribution in [0.5, 0.6) is 5.75 Å². The Morgan fingerprint density at radius 3 is 2.47 bits per heavy atom. The molecule has 0 bridgehead atoms. The van der Waals surface area contributed by atoms with Crippen molar-refractivity contribution in [1.29, 1.82) is 0 Å². The lowest BCUT2D eigenvalue weighted by Crippen LogP contribution is -2.51. The highest BCUT2D eigenvalue weighted by Gasteiger charge is 2.23. The van der Waals surface area contributed by atoms with Crippen LogP contribution < -0.4 is 20.2 Å². The van der Waals surface area contributed by atoms with E-state index >= 15 is 0 Å². The molecule has 11 heteroatoms. The summed E-state index contributed by atoms with van der Waals surface area (Å²) >= 11 is 0. The van der Waals surface area contributed by atoms with Gasteiger partial charge in [-0.25, -0.2) is 22.9 Å². The van der Waals surface area contributed by atoms with Crippen molar-refractivity contribution in [3.05, 3.63) is 59.7 Å². The zero-order valence-electron chi connectivity index (χ0n) is 20.7. The third kappa shape index (κ3) is 7.94. The lowest BCUT2D eigenvalue weighted by Gasteiger charge is -2.30. The summed E-state index contributed by atoms with van der Waals surface area (Å²) in [6.45, 7) is 4.39. The maximum absolute atomic E-state index is 12.9. The first kappa shape index (κ1) is 27.4. The fourth-order valence-corrected chi connectivity index (χ4v) is 5.03. The molecule has 1 aliphatic rings. The molecule has 0 saturated carbocycles. The van der Waals surface area contributed by atoms with Crippen molar-refractivity contribution in [1.82, 2.24) is 20.5 Å². The molecule has 2 aromatic carbocycles. The number of hydrogen-bond acceptors (Lipinski definition) is 7. The Hall–Kier alpha value is -3.15. The van der Waals surface area contributed by atoms with Gasteiger partial charge in [0.15, 0.2) is 0 Å². The summed E-state index contributed by atoms with van der Waals surface area (Å²) in [4.78, 5) is 25.1. The molecule has 3 amide bonds. The number of urea groups is 1. The van der Waals surface area contributed by atoms with Gasteiger partial charge in [-0.3, -0.25) is 10.2 Å². The van der Waals surface area contributed by atoms with E-state index in [0.29, 0.717) is 49.1 Å². The second-order valence-electron chi connectivity index (χ2n) is 8.67. The van der Waals surface area contributed by atoms with Gasteiger partial charge in [-0.05, 0) is 48.9 Å². The number of hydrazine groups is 1. The van der Waals surface area contributed by atoms with Crippen molar-refractivity contribution in [3.8, 4) is 5.75 Å². The smallest absolute Gasteiger partial charge is 0.343 e. The standard InChI is InChI=1S/C25H34N4O6S/c1-19-12-15-29(16-13-19)27-25(31)28-36(32,33)23-10-6-3-7-20(23)11-14-26-24(30)21-8-4-5-9-22(21)35-18-17-34-2/h3-10,19H,11-18H2,1-2H3,(H,26,30)(H2,27,28,31). The molecule has 1 fully saturated rings. The van der Waals surface area contributed by atoms with Crippen molar-refractivity contribution in [2.24, 2.45) is 5.92 Å². The number of sulfonamides is 1. The number of carbonyl (C=O) groups is 2. The first-order valence-electron chi connectivity index (χ1n) is 12.0. The number of methoxy groups -OCH3 is 1. The van der Waals surface area contributed by atoms with Crippen LogP contribution in [0.3, 0.4) is 0 Å². The molecule has 0 aromatic heterocycles. The highest BCUT2D eigenvalue weighted by Crippen LogP contribution is 2.19. The first-order chi connectivity index (χ1) is 17.3. The lowest BCUT2D eigenvalue weighted by molar-refractivity contribution is 0.0946. The molecule has 36 heavy (non-hydrogen) atoms. The van der Waals surface area contributed by atoms with Crippen molar-refractivity contribution >= 4 is 22.0 Å². The molecular formula is C25H34N4O6S. The minimum absolute atomic E-state index is 0.00929. The summed E-state index contributed by atoms with van der Waals surface area (Å²) in [7, 11) is -2.54. The van der Waals surface area contributed by atoms with E-state index in [4.69, 9.17) is 9.47 Å². The van der Waals surface area contributed by atoms with Crippen molar-refractivity contribution < 1.29 is 27.5 Å². The van der Waals surface area contributed by atoms with Gasteiger partial charge in [0.05, 0.1) is 17.1 Å². The van der Waals surface area contributed by atoms with Gasteiger partial charge in [-0.1, -0.05) is 37.3 Å². The summed E-state index contributed by atoms with van der Waals surface area (Å²) in [6, 6.07) is 12.5. The van der Waals surface area contributed by atoms with E-state index in [2.05, 4.69) is 22.4 Å². The summed E-state index contributed by atoms with van der Waals surface area (Å²) in [5.74, 6) is 0.684. The van der Waals surface area contributed by atoms with E-state index in [9.17, 15) is 18.0 Å². The molecule has 1 heterocycles. The van der Waals surface area contributed by atoms with E-state index in [-0.39, 0.29) is 23.8 Å². The van der Waals surface area contributed by atoms with E-state index in [1.54, 1.807) is 54.6 Å². The number of hydrogen-bond donors (Lipinski definition) is 3. The number of nitrogens with one attached hydrogen (secondary N) is 3. The predicted octanol–water partition coefficient (Wildman–Crippen LogP) is 2.32. The predicted molar refractivity (Wildman–Crippen MR) is 135 cm³/mol. The minimum atomic E-state index is -4.11. The maximum Gasteiger partial charge on any atom is 0.343 e. The summed E-state index contributed by atoms with van der Waals surface area (Å²) in [5, 5.41) is 4.53. The Bertz CT molecular complexity index is 1130. The number of ether oxygens (including phenoxy) is 2. The third-order valence-electron chi connectivity index (χ3n) is 5.89. The SMILES string of the molecule is COCCOc1ccccc1C(=O)NCCc1ccccc1S(=O)(=O)NC(=O)NN1CCC(C)CC1. The van der Waals surface area contributed by atoms with Crippen LogP contribution in [0.1, 0.15) is 35.7 Å². The molecule has 196 valence electrons. The van der Waals surface area contributed by atoms with Crippen LogP contribution in [-0.4, -0.2) is 65.3 Å². The number of nitrogens with zero attached hydrogens (tertiary/aromatic N) is 1. The van der Waals surface area contributed by atoms with E-state index < -0.39 is 16.1 Å². The monoisotopic (exact) mass is 518 g/mol. The zero-order chi connectivity index (χ0) is 26.0. The molecule has 0 spiro atoms. The number of para-hydroxylation sites is 1. The van der Waals surface area contributed by atoms with Crippen LogP contribution in [0.15, 0.2) is 53.4 Å². The Morgan fingerprint density at radius 1 is 1.03 bits per heavy atom. The quantitative estimate of drug-likeness (QED) is 0.390. The topological polar surface area (TPSA) is 126 Å². The molecule has 0 unspecified atom stereocenters. The Balaban J connectivity index is 1.58. The summed E-state index contributed by atoms with van der Waals surface area (Å²) < 4.78 is 38.6. The maximum atomic E-state index is 12.9. The van der Waals surface area contributed by atoms with E-state index in [1.165, 1.54) is 6.07 Å². The van der Waals surface area contributed by atoms with Gasteiger partial charge in [0.1, 0.15) is 12.4 Å². The van der Waals surface area contributed by atoms with Crippen LogP contribution in [-0.2, 0) is 21.2 Å². The van der Waals surface area contributed by atoms with Crippen LogP contribution in [0.4, 0.5) is 4.79 Å². The van der Waals surface area contributed by atoms with Crippen LogP contribution >= 0.6 is 0 Å². The van der Waals surface area contributed by atoms with Crippen LogP contribution in [0.25, 0.3) is 0 Å². The normalized spacial score (nSPS) is 14.7. The largest absolute Gasteiger partial charge is 0.490 e. The van der Waals surface area contributed by atoms with Crippen molar-refractivity contribution in [2.75, 3.05) is 40.0 Å². The van der Waals surface area contributed by atoms with Gasteiger partial charge in [0.25, 0.3) is 15.9 Å². The fraction of sp³-hybridized carbons (Fsp3) is 0.440. The molecular weight excluding hydrogens is 484 g/mol. The molecule has 0 aliphatic carbocycles. The first-order valence-corrected chi connectivity index (χ1v) is 13.4. The summed E-state index contributed by atoms with van der Waals surface area (Å²) in [5.41, 5.74) is 3.47. The van der Waals surface area contributed by atoms with Gasteiger partial charge in [-0.2, -0.15) is 0 Å². The van der Waals surface area contributed by atoms with Crippen LogP contribution in [0.2, 0.25) is 0 Å². The average molecular weight is 519 g/mol. The third-order valence-corrected chi connectivity index (χ3v) is 7.32. The second kappa shape index (κ2) is 13.2. The second-order valence-corrected chi connectivity index (χ2v) is 10.3. The number of carbonyl (C=O) groups excluding carboxylic acids is 2. The zero-order valence-corrected chi connectivity index (χ0v) is 21.5. The summed E-state index contributed by atoms with van der Waals surface area (Å²) in [6.07, 6.45) is 2.12. The van der Waals surface area contributed by atoms with Gasteiger partial charge in [-0.15, -0.1) is 0 Å². The molecule has 2 aromatic rings. The van der Waals surface area contributed by atoms with Crippen LogP contribution in [0, 0.1) is 5.92 Å². The van der Waals surface area contributed by atoms with Crippen molar-refractivity contribution in [2.45, 2.75) is 31.1 Å². The van der Waals surface area contributed by atoms with Gasteiger partial charge < -0.3 is 14.8 Å². The average Bonchev–Trinajstić information content (AvgIpc) is 2.86. The Morgan fingerprint density at radius 2 is 1.72 bits per heavy atom. The number of piperidine rings is 1.